The predicted octanol–water partition coefficient (Wildman–Crippen LogP) is 1.73. The van der Waals surface area contributed by atoms with Crippen molar-refractivity contribution in [3.63, 3.8) is 0 Å². The van der Waals surface area contributed by atoms with Gasteiger partial charge in [-0.3, -0.25) is 5.01 Å². The fourth-order valence-corrected chi connectivity index (χ4v) is 1.94. The SMILES string of the molecule is Brc1ccc(C2CN2n2cnnc2)cc1. The lowest BCUT2D eigenvalue weighted by molar-refractivity contribution is 0.793. The molecule has 0 aliphatic carbocycles. The van der Waals surface area contributed by atoms with E-state index in [1.165, 1.54) is 5.56 Å². The monoisotopic (exact) mass is 264 g/mol. The van der Waals surface area contributed by atoms with Crippen LogP contribution >= 0.6 is 15.9 Å². The normalized spacial score (nSPS) is 19.3. The van der Waals surface area contributed by atoms with Crippen molar-refractivity contribution in [1.82, 2.24) is 14.9 Å². The van der Waals surface area contributed by atoms with Crippen LogP contribution in [0.5, 0.6) is 0 Å². The standard InChI is InChI=1S/C10H9BrN4/c11-9-3-1-8(2-4-9)10-5-15(10)14-6-12-13-7-14/h1-4,6-7,10H,5H2. The quantitative estimate of drug-likeness (QED) is 0.775. The summed E-state index contributed by atoms with van der Waals surface area (Å²) >= 11 is 3.43. The van der Waals surface area contributed by atoms with Crippen molar-refractivity contribution >= 4 is 15.9 Å². The van der Waals surface area contributed by atoms with Gasteiger partial charge < -0.3 is 0 Å². The van der Waals surface area contributed by atoms with Crippen molar-refractivity contribution in [2.45, 2.75) is 6.04 Å². The van der Waals surface area contributed by atoms with E-state index in [0.29, 0.717) is 6.04 Å². The summed E-state index contributed by atoms with van der Waals surface area (Å²) in [6.07, 6.45) is 3.44. The summed E-state index contributed by atoms with van der Waals surface area (Å²) in [5.74, 6) is 0. The van der Waals surface area contributed by atoms with E-state index in [1.807, 2.05) is 4.68 Å². The molecule has 1 aromatic carbocycles. The van der Waals surface area contributed by atoms with Gasteiger partial charge in [-0.05, 0) is 17.7 Å². The summed E-state index contributed by atoms with van der Waals surface area (Å²) in [6.45, 7) is 1.03. The number of aromatic nitrogens is 3. The van der Waals surface area contributed by atoms with Gasteiger partial charge in [0.05, 0.1) is 12.6 Å². The summed E-state index contributed by atoms with van der Waals surface area (Å²) in [5.41, 5.74) is 1.33. The van der Waals surface area contributed by atoms with Crippen molar-refractivity contribution in [3.05, 3.63) is 47.0 Å². The Hall–Kier alpha value is -1.36. The first-order valence-electron chi connectivity index (χ1n) is 4.71. The van der Waals surface area contributed by atoms with Gasteiger partial charge in [0.1, 0.15) is 12.7 Å². The first-order chi connectivity index (χ1) is 7.34. The fraction of sp³-hybridized carbons (Fsp3) is 0.200. The molecule has 0 saturated carbocycles. The average Bonchev–Trinajstić information content (AvgIpc) is 2.87. The smallest absolute Gasteiger partial charge is 0.139 e. The van der Waals surface area contributed by atoms with Crippen molar-refractivity contribution in [2.75, 3.05) is 11.6 Å². The molecule has 76 valence electrons. The largest absolute Gasteiger partial charge is 0.299 e. The third kappa shape index (κ3) is 1.63. The Morgan fingerprint density at radius 1 is 1.13 bits per heavy atom. The van der Waals surface area contributed by atoms with Crippen LogP contribution in [0.4, 0.5) is 0 Å². The first kappa shape index (κ1) is 8.91. The zero-order chi connectivity index (χ0) is 10.3. The van der Waals surface area contributed by atoms with Crippen LogP contribution in [-0.4, -0.2) is 21.4 Å². The van der Waals surface area contributed by atoms with Crippen molar-refractivity contribution in [1.29, 1.82) is 0 Å². The van der Waals surface area contributed by atoms with E-state index in [0.717, 1.165) is 11.0 Å². The first-order valence-corrected chi connectivity index (χ1v) is 5.51. The Morgan fingerprint density at radius 2 is 1.80 bits per heavy atom. The molecule has 1 aliphatic heterocycles. The molecule has 0 spiro atoms. The number of hydrogen-bond donors (Lipinski definition) is 0. The number of benzene rings is 1. The van der Waals surface area contributed by atoms with Crippen LogP contribution in [0.3, 0.4) is 0 Å². The topological polar surface area (TPSA) is 33.7 Å². The van der Waals surface area contributed by atoms with Gasteiger partial charge in [0.25, 0.3) is 0 Å². The molecule has 0 N–H and O–H groups in total. The third-order valence-corrected chi connectivity index (χ3v) is 3.07. The second kappa shape index (κ2) is 3.34. The van der Waals surface area contributed by atoms with Crippen LogP contribution in [0.1, 0.15) is 11.6 Å². The molecule has 3 rings (SSSR count). The van der Waals surface area contributed by atoms with Crippen molar-refractivity contribution in [2.24, 2.45) is 0 Å². The van der Waals surface area contributed by atoms with E-state index in [-0.39, 0.29) is 0 Å². The summed E-state index contributed by atoms with van der Waals surface area (Å²) < 4.78 is 3.04. The molecule has 0 amide bonds. The Kier molecular flexibility index (Phi) is 1.98. The highest BCUT2D eigenvalue weighted by Gasteiger charge is 2.35. The number of nitrogens with zero attached hydrogens (tertiary/aromatic N) is 4. The van der Waals surface area contributed by atoms with Gasteiger partial charge in [-0.25, -0.2) is 4.68 Å². The summed E-state index contributed by atoms with van der Waals surface area (Å²) in [4.78, 5) is 0. The molecule has 4 nitrogen and oxygen atoms in total. The van der Waals surface area contributed by atoms with Gasteiger partial charge in [0.15, 0.2) is 0 Å². The number of halogens is 1. The highest BCUT2D eigenvalue weighted by molar-refractivity contribution is 9.10. The molecule has 15 heavy (non-hydrogen) atoms. The highest BCUT2D eigenvalue weighted by atomic mass is 79.9. The molecular weight excluding hydrogens is 256 g/mol. The van der Waals surface area contributed by atoms with Gasteiger partial charge in [-0.1, -0.05) is 28.1 Å². The van der Waals surface area contributed by atoms with Gasteiger partial charge in [0.2, 0.25) is 0 Å². The van der Waals surface area contributed by atoms with Crippen LogP contribution in [0.25, 0.3) is 0 Å². The van der Waals surface area contributed by atoms with E-state index < -0.39 is 0 Å². The third-order valence-electron chi connectivity index (χ3n) is 2.54. The molecule has 5 heteroatoms. The van der Waals surface area contributed by atoms with Crippen molar-refractivity contribution in [3.8, 4) is 0 Å². The Bertz CT molecular complexity index is 451. The molecule has 1 aliphatic rings. The van der Waals surface area contributed by atoms with E-state index in [4.69, 9.17) is 0 Å². The van der Waals surface area contributed by atoms with E-state index in [9.17, 15) is 0 Å². The predicted molar refractivity (Wildman–Crippen MR) is 60.0 cm³/mol. The maximum Gasteiger partial charge on any atom is 0.139 e. The highest BCUT2D eigenvalue weighted by Crippen LogP contribution is 2.32. The summed E-state index contributed by atoms with van der Waals surface area (Å²) in [6, 6.07) is 8.88. The molecule has 2 heterocycles. The summed E-state index contributed by atoms with van der Waals surface area (Å²) in [7, 11) is 0. The lowest BCUT2D eigenvalue weighted by Gasteiger charge is -2.04. The lowest BCUT2D eigenvalue weighted by atomic mass is 10.2. The molecular formula is C10H9BrN4. The van der Waals surface area contributed by atoms with Crippen LogP contribution in [0.2, 0.25) is 0 Å². The maximum atomic E-state index is 3.79. The second-order valence-corrected chi connectivity index (χ2v) is 4.45. The number of hydrogen-bond acceptors (Lipinski definition) is 3. The lowest BCUT2D eigenvalue weighted by Crippen LogP contribution is -2.10. The molecule has 1 saturated heterocycles. The Labute approximate surface area is 95.6 Å². The van der Waals surface area contributed by atoms with Crippen LogP contribution in [-0.2, 0) is 0 Å². The number of rotatable bonds is 2. The zero-order valence-corrected chi connectivity index (χ0v) is 9.50. The summed E-state index contributed by atoms with van der Waals surface area (Å²) in [5, 5.41) is 9.78. The van der Waals surface area contributed by atoms with E-state index in [2.05, 4.69) is 55.4 Å². The Balaban J connectivity index is 1.79. The molecule has 2 aromatic rings. The minimum atomic E-state index is 0.467. The van der Waals surface area contributed by atoms with Crippen LogP contribution < -0.4 is 5.01 Å². The van der Waals surface area contributed by atoms with Crippen molar-refractivity contribution < 1.29 is 0 Å². The van der Waals surface area contributed by atoms with E-state index in [1.54, 1.807) is 12.7 Å². The fourth-order valence-electron chi connectivity index (χ4n) is 1.68. The molecule has 1 atom stereocenters. The van der Waals surface area contributed by atoms with Gasteiger partial charge in [-0.2, -0.15) is 0 Å². The second-order valence-electron chi connectivity index (χ2n) is 3.53. The molecule has 1 unspecified atom stereocenters. The van der Waals surface area contributed by atoms with Gasteiger partial charge in [-0.15, -0.1) is 10.2 Å². The minimum Gasteiger partial charge on any atom is -0.299 e. The molecule has 1 aromatic heterocycles. The Morgan fingerprint density at radius 3 is 2.47 bits per heavy atom. The maximum absolute atomic E-state index is 3.79. The van der Waals surface area contributed by atoms with Crippen LogP contribution in [0.15, 0.2) is 41.4 Å². The van der Waals surface area contributed by atoms with Gasteiger partial charge >= 0.3 is 0 Å². The molecule has 0 bridgehead atoms. The van der Waals surface area contributed by atoms with E-state index >= 15 is 0 Å². The molecule has 0 radical (unpaired) electrons. The van der Waals surface area contributed by atoms with Crippen LogP contribution in [0, 0.1) is 0 Å². The van der Waals surface area contributed by atoms with Gasteiger partial charge in [0, 0.05) is 4.47 Å². The zero-order valence-electron chi connectivity index (χ0n) is 7.92. The minimum absolute atomic E-state index is 0.467. The molecule has 1 fully saturated rings. The average molecular weight is 265 g/mol.